The first-order chi connectivity index (χ1) is 12.6. The van der Waals surface area contributed by atoms with E-state index in [9.17, 15) is 0 Å². The van der Waals surface area contributed by atoms with E-state index < -0.39 is 5.60 Å². The Kier molecular flexibility index (Phi) is 5.59. The molecule has 0 bridgehead atoms. The van der Waals surface area contributed by atoms with Crippen LogP contribution in [0.5, 0.6) is 11.5 Å². The number of methoxy groups -OCH3 is 1. The summed E-state index contributed by atoms with van der Waals surface area (Å²) in [7, 11) is 1.73. The van der Waals surface area contributed by atoms with Gasteiger partial charge < -0.3 is 9.47 Å². The van der Waals surface area contributed by atoms with Gasteiger partial charge in [0.1, 0.15) is 29.8 Å². The lowest BCUT2D eigenvalue weighted by atomic mass is 9.87. The van der Waals surface area contributed by atoms with E-state index in [-0.39, 0.29) is 0 Å². The molecule has 1 atom stereocenters. The molecule has 1 heterocycles. The lowest BCUT2D eigenvalue weighted by molar-refractivity contribution is -0.0359. The summed E-state index contributed by atoms with van der Waals surface area (Å²) in [4.78, 5) is 4.03. The molecule has 0 aliphatic heterocycles. The maximum absolute atomic E-state index is 5.95. The van der Waals surface area contributed by atoms with Crippen molar-refractivity contribution in [3.8, 4) is 11.5 Å². The van der Waals surface area contributed by atoms with Gasteiger partial charge in [-0.1, -0.05) is 24.6 Å². The lowest BCUT2D eigenvalue weighted by Gasteiger charge is -2.33. The van der Waals surface area contributed by atoms with Gasteiger partial charge in [0.2, 0.25) is 0 Å². The van der Waals surface area contributed by atoms with Gasteiger partial charge >= 0.3 is 0 Å². The van der Waals surface area contributed by atoms with Crippen LogP contribution in [0, 0.1) is 6.92 Å². The summed E-state index contributed by atoms with van der Waals surface area (Å²) in [5.41, 5.74) is 1.73. The summed E-state index contributed by atoms with van der Waals surface area (Å²) in [5.74, 6) is 1.52. The molecule has 6 heteroatoms. The Balaban J connectivity index is 1.88. The highest BCUT2D eigenvalue weighted by molar-refractivity contribution is 6.30. The minimum Gasteiger partial charge on any atom is -0.457 e. The third kappa shape index (κ3) is 3.89. The van der Waals surface area contributed by atoms with Crippen molar-refractivity contribution in [3.63, 3.8) is 0 Å². The van der Waals surface area contributed by atoms with E-state index in [1.165, 1.54) is 6.33 Å². The van der Waals surface area contributed by atoms with Crippen LogP contribution in [0.25, 0.3) is 0 Å². The zero-order chi connectivity index (χ0) is 18.6. The van der Waals surface area contributed by atoms with Crippen LogP contribution in [0.15, 0.2) is 55.1 Å². The summed E-state index contributed by atoms with van der Waals surface area (Å²) in [6.45, 7) is 4.77. The number of benzene rings is 2. The van der Waals surface area contributed by atoms with E-state index in [0.29, 0.717) is 11.6 Å². The Labute approximate surface area is 158 Å². The van der Waals surface area contributed by atoms with Crippen molar-refractivity contribution in [2.75, 3.05) is 7.11 Å². The van der Waals surface area contributed by atoms with Crippen LogP contribution < -0.4 is 4.74 Å². The SMILES string of the molecule is CCC(Cn1cncn1)(OC)c1ccc(Oc2ccc(Cl)cc2)cc1C. The number of rotatable bonds is 7. The highest BCUT2D eigenvalue weighted by Crippen LogP contribution is 2.35. The third-order valence-corrected chi connectivity index (χ3v) is 4.84. The van der Waals surface area contributed by atoms with Crippen LogP contribution in [0.1, 0.15) is 24.5 Å². The van der Waals surface area contributed by atoms with E-state index >= 15 is 0 Å². The zero-order valence-electron chi connectivity index (χ0n) is 15.1. The van der Waals surface area contributed by atoms with Gasteiger partial charge in [0.15, 0.2) is 0 Å². The minimum atomic E-state index is -0.476. The molecule has 0 radical (unpaired) electrons. The maximum Gasteiger partial charge on any atom is 0.137 e. The molecular weight excluding hydrogens is 350 g/mol. The predicted octanol–water partition coefficient (Wildman–Crippen LogP) is 4.98. The van der Waals surface area contributed by atoms with E-state index in [4.69, 9.17) is 21.1 Å². The Morgan fingerprint density at radius 1 is 1.12 bits per heavy atom. The molecule has 0 N–H and O–H groups in total. The van der Waals surface area contributed by atoms with Crippen molar-refractivity contribution in [1.82, 2.24) is 14.8 Å². The molecule has 0 aliphatic rings. The molecule has 2 aromatic carbocycles. The molecule has 136 valence electrons. The van der Waals surface area contributed by atoms with Crippen LogP contribution in [-0.2, 0) is 16.9 Å². The minimum absolute atomic E-state index is 0.476. The van der Waals surface area contributed by atoms with Crippen molar-refractivity contribution in [2.24, 2.45) is 0 Å². The van der Waals surface area contributed by atoms with Gasteiger partial charge in [0.25, 0.3) is 0 Å². The first kappa shape index (κ1) is 18.4. The molecule has 1 unspecified atom stereocenters. The summed E-state index contributed by atoms with van der Waals surface area (Å²) >= 11 is 5.92. The van der Waals surface area contributed by atoms with Gasteiger partial charge in [-0.3, -0.25) is 0 Å². The van der Waals surface area contributed by atoms with Crippen LogP contribution in [-0.4, -0.2) is 21.9 Å². The van der Waals surface area contributed by atoms with E-state index in [1.807, 2.05) is 36.4 Å². The number of halogens is 1. The molecule has 0 amide bonds. The molecule has 0 aliphatic carbocycles. The number of hydrogen-bond acceptors (Lipinski definition) is 4. The van der Waals surface area contributed by atoms with Crippen molar-refractivity contribution < 1.29 is 9.47 Å². The summed E-state index contributed by atoms with van der Waals surface area (Å²) in [6.07, 6.45) is 4.05. The molecule has 1 aromatic heterocycles. The van der Waals surface area contributed by atoms with Crippen LogP contribution in [0.4, 0.5) is 0 Å². The fourth-order valence-electron chi connectivity index (χ4n) is 3.13. The normalized spacial score (nSPS) is 13.4. The smallest absolute Gasteiger partial charge is 0.137 e. The number of aryl methyl sites for hydroxylation is 1. The summed E-state index contributed by atoms with van der Waals surface area (Å²) in [5, 5.41) is 4.91. The van der Waals surface area contributed by atoms with Gasteiger partial charge in [0.05, 0.1) is 6.54 Å². The summed E-state index contributed by atoms with van der Waals surface area (Å²) < 4.78 is 13.7. The fourth-order valence-corrected chi connectivity index (χ4v) is 3.26. The Bertz CT molecular complexity index is 844. The van der Waals surface area contributed by atoms with Gasteiger partial charge in [-0.15, -0.1) is 0 Å². The van der Waals surface area contributed by atoms with Gasteiger partial charge in [-0.05, 0) is 60.9 Å². The van der Waals surface area contributed by atoms with E-state index in [2.05, 4.69) is 30.0 Å². The molecule has 0 fully saturated rings. The zero-order valence-corrected chi connectivity index (χ0v) is 15.9. The Hall–Kier alpha value is -2.37. The molecule has 0 saturated heterocycles. The van der Waals surface area contributed by atoms with Gasteiger partial charge in [-0.2, -0.15) is 5.10 Å². The first-order valence-electron chi connectivity index (χ1n) is 8.48. The van der Waals surface area contributed by atoms with Crippen molar-refractivity contribution in [2.45, 2.75) is 32.4 Å². The van der Waals surface area contributed by atoms with Crippen LogP contribution >= 0.6 is 11.6 Å². The second-order valence-corrected chi connectivity index (χ2v) is 6.61. The largest absolute Gasteiger partial charge is 0.457 e. The maximum atomic E-state index is 5.95. The van der Waals surface area contributed by atoms with Gasteiger partial charge in [0, 0.05) is 12.1 Å². The molecule has 3 aromatic rings. The van der Waals surface area contributed by atoms with E-state index in [1.54, 1.807) is 18.1 Å². The Morgan fingerprint density at radius 2 is 1.85 bits per heavy atom. The third-order valence-electron chi connectivity index (χ3n) is 4.58. The topological polar surface area (TPSA) is 49.2 Å². The number of aromatic nitrogens is 3. The fraction of sp³-hybridized carbons (Fsp3) is 0.300. The molecule has 5 nitrogen and oxygen atoms in total. The highest BCUT2D eigenvalue weighted by Gasteiger charge is 2.32. The highest BCUT2D eigenvalue weighted by atomic mass is 35.5. The predicted molar refractivity (Wildman–Crippen MR) is 102 cm³/mol. The second kappa shape index (κ2) is 7.89. The molecule has 3 rings (SSSR count). The monoisotopic (exact) mass is 371 g/mol. The lowest BCUT2D eigenvalue weighted by Crippen LogP contribution is -2.34. The number of nitrogens with zero attached hydrogens (tertiary/aromatic N) is 3. The Morgan fingerprint density at radius 3 is 2.42 bits per heavy atom. The number of hydrogen-bond donors (Lipinski definition) is 0. The average Bonchev–Trinajstić information content (AvgIpc) is 3.15. The molecule has 26 heavy (non-hydrogen) atoms. The van der Waals surface area contributed by atoms with Gasteiger partial charge in [-0.25, -0.2) is 9.67 Å². The van der Waals surface area contributed by atoms with Crippen molar-refractivity contribution >= 4 is 11.6 Å². The standard InChI is InChI=1S/C20H22ClN3O2/c1-4-20(25-3,12-24-14-22-13-23-24)19-10-9-18(11-15(19)2)26-17-7-5-16(21)6-8-17/h5-11,13-14H,4,12H2,1-3H3. The average molecular weight is 372 g/mol. The molecular formula is C20H22ClN3O2. The van der Waals surface area contributed by atoms with Crippen LogP contribution in [0.3, 0.4) is 0 Å². The molecule has 0 saturated carbocycles. The van der Waals surface area contributed by atoms with Crippen LogP contribution in [0.2, 0.25) is 5.02 Å². The summed E-state index contributed by atoms with van der Waals surface area (Å²) in [6, 6.07) is 13.4. The second-order valence-electron chi connectivity index (χ2n) is 6.18. The quantitative estimate of drug-likeness (QED) is 0.587. The van der Waals surface area contributed by atoms with Crippen molar-refractivity contribution in [1.29, 1.82) is 0 Å². The first-order valence-corrected chi connectivity index (χ1v) is 8.86. The molecule has 0 spiro atoms. The van der Waals surface area contributed by atoms with Crippen molar-refractivity contribution in [3.05, 3.63) is 71.3 Å². The van der Waals surface area contributed by atoms with E-state index in [0.717, 1.165) is 29.0 Å². The number of ether oxygens (including phenoxy) is 2.